The Morgan fingerprint density at radius 2 is 1.95 bits per heavy atom. The zero-order valence-corrected chi connectivity index (χ0v) is 11.7. The van der Waals surface area contributed by atoms with Crippen LogP contribution in [0.2, 0.25) is 0 Å². The normalized spacial score (nSPS) is 12.7. The monoisotopic (exact) mass is 306 g/mol. The van der Waals surface area contributed by atoms with E-state index in [1.165, 1.54) is 32.0 Å². The fourth-order valence-corrected chi connectivity index (χ4v) is 3.25. The first-order valence-electron chi connectivity index (χ1n) is 5.66. The first-order valence-corrected chi connectivity index (χ1v) is 7.10. The van der Waals surface area contributed by atoms with Crippen molar-refractivity contribution in [3.63, 3.8) is 0 Å². The van der Waals surface area contributed by atoms with E-state index in [0.29, 0.717) is 4.31 Å². The van der Waals surface area contributed by atoms with Gasteiger partial charge in [0.05, 0.1) is 16.5 Å². The number of nitriles is 1. The Bertz CT molecular complexity index is 618. The molecule has 0 fully saturated rings. The van der Waals surface area contributed by atoms with Crippen molar-refractivity contribution in [2.24, 2.45) is 0 Å². The van der Waals surface area contributed by atoms with Gasteiger partial charge >= 0.3 is 6.18 Å². The third kappa shape index (κ3) is 3.95. The highest BCUT2D eigenvalue weighted by Crippen LogP contribution is 2.25. The van der Waals surface area contributed by atoms with Gasteiger partial charge in [0, 0.05) is 6.04 Å². The van der Waals surface area contributed by atoms with Crippen molar-refractivity contribution in [1.82, 2.24) is 4.31 Å². The van der Waals surface area contributed by atoms with Crippen molar-refractivity contribution in [1.29, 1.82) is 5.26 Å². The molecule has 0 N–H and O–H groups in total. The number of alkyl halides is 3. The molecular formula is C12H13F3N2O2S. The summed E-state index contributed by atoms with van der Waals surface area (Å²) in [6.45, 7) is 1.15. The van der Waals surface area contributed by atoms with Gasteiger partial charge in [-0.1, -0.05) is 6.07 Å². The number of rotatable bonds is 4. The van der Waals surface area contributed by atoms with Crippen LogP contribution in [-0.2, 0) is 10.0 Å². The summed E-state index contributed by atoms with van der Waals surface area (Å²) in [5.41, 5.74) is 0.0711. The van der Waals surface area contributed by atoms with Gasteiger partial charge in [-0.2, -0.15) is 22.7 Å². The molecule has 110 valence electrons. The Morgan fingerprint density at radius 3 is 2.40 bits per heavy atom. The second-order valence-electron chi connectivity index (χ2n) is 4.40. The molecule has 1 aromatic carbocycles. The number of halogens is 3. The molecule has 0 unspecified atom stereocenters. The lowest BCUT2D eigenvalue weighted by Crippen LogP contribution is -2.43. The summed E-state index contributed by atoms with van der Waals surface area (Å²) >= 11 is 0. The first-order chi connectivity index (χ1) is 9.08. The predicted molar refractivity (Wildman–Crippen MR) is 66.2 cm³/mol. The average Bonchev–Trinajstić information content (AvgIpc) is 2.34. The second-order valence-corrected chi connectivity index (χ2v) is 6.29. The molecule has 0 spiro atoms. The van der Waals surface area contributed by atoms with Crippen molar-refractivity contribution in [3.05, 3.63) is 29.8 Å². The molecule has 0 bridgehead atoms. The van der Waals surface area contributed by atoms with Gasteiger partial charge < -0.3 is 0 Å². The van der Waals surface area contributed by atoms with Gasteiger partial charge in [-0.3, -0.25) is 0 Å². The minimum Gasteiger partial charge on any atom is -0.207 e. The quantitative estimate of drug-likeness (QED) is 0.858. The number of hydrogen-bond acceptors (Lipinski definition) is 3. The lowest BCUT2D eigenvalue weighted by molar-refractivity contribution is -0.138. The molecule has 20 heavy (non-hydrogen) atoms. The summed E-state index contributed by atoms with van der Waals surface area (Å²) in [4.78, 5) is -0.325. The van der Waals surface area contributed by atoms with Crippen LogP contribution in [0.4, 0.5) is 13.2 Å². The summed E-state index contributed by atoms with van der Waals surface area (Å²) in [5.74, 6) is 0. The fraction of sp³-hybridized carbons (Fsp3) is 0.417. The molecular weight excluding hydrogens is 293 g/mol. The molecule has 0 aliphatic heterocycles. The Balaban J connectivity index is 3.27. The molecule has 8 heteroatoms. The molecule has 1 rings (SSSR count). The van der Waals surface area contributed by atoms with E-state index in [1.807, 2.05) is 0 Å². The van der Waals surface area contributed by atoms with Gasteiger partial charge in [0.2, 0.25) is 10.0 Å². The molecule has 0 atom stereocenters. The maximum absolute atomic E-state index is 12.5. The van der Waals surface area contributed by atoms with Gasteiger partial charge in [0.25, 0.3) is 0 Å². The highest BCUT2D eigenvalue weighted by Gasteiger charge is 2.38. The number of nitrogens with zero attached hydrogens (tertiary/aromatic N) is 2. The van der Waals surface area contributed by atoms with Crippen LogP contribution in [-0.4, -0.2) is 31.5 Å². The van der Waals surface area contributed by atoms with Crippen molar-refractivity contribution in [2.45, 2.75) is 31.0 Å². The fourth-order valence-electron chi connectivity index (χ4n) is 1.58. The van der Waals surface area contributed by atoms with E-state index in [9.17, 15) is 21.6 Å². The Hall–Kier alpha value is -1.59. The highest BCUT2D eigenvalue weighted by molar-refractivity contribution is 7.89. The number of benzene rings is 1. The first kappa shape index (κ1) is 16.5. The minimum absolute atomic E-state index is 0.0711. The van der Waals surface area contributed by atoms with E-state index in [2.05, 4.69) is 0 Å². The van der Waals surface area contributed by atoms with Crippen molar-refractivity contribution in [2.75, 3.05) is 6.54 Å². The lowest BCUT2D eigenvalue weighted by atomic mass is 10.2. The van der Waals surface area contributed by atoms with E-state index in [1.54, 1.807) is 6.07 Å². The van der Waals surface area contributed by atoms with Crippen molar-refractivity contribution in [3.8, 4) is 6.07 Å². The third-order valence-corrected chi connectivity index (χ3v) is 4.50. The van der Waals surface area contributed by atoms with Crippen LogP contribution in [0.5, 0.6) is 0 Å². The van der Waals surface area contributed by atoms with Crippen LogP contribution in [0.3, 0.4) is 0 Å². The van der Waals surface area contributed by atoms with Crippen molar-refractivity contribution >= 4 is 10.0 Å². The van der Waals surface area contributed by atoms with E-state index in [0.717, 1.165) is 6.07 Å². The molecule has 0 aliphatic rings. The van der Waals surface area contributed by atoms with Crippen LogP contribution in [0.25, 0.3) is 0 Å². The molecule has 4 nitrogen and oxygen atoms in total. The maximum atomic E-state index is 12.5. The Kier molecular flexibility index (Phi) is 4.78. The average molecular weight is 306 g/mol. The highest BCUT2D eigenvalue weighted by atomic mass is 32.2. The van der Waals surface area contributed by atoms with Gasteiger partial charge in [0.1, 0.15) is 6.54 Å². The van der Waals surface area contributed by atoms with Crippen LogP contribution >= 0.6 is 0 Å². The standard InChI is InChI=1S/C12H13F3N2O2S/c1-9(2)17(8-12(13,14)15)20(18,19)11-5-3-4-10(6-11)7-16/h3-6,9H,8H2,1-2H3. The van der Waals surface area contributed by atoms with Crippen LogP contribution in [0.1, 0.15) is 19.4 Å². The lowest BCUT2D eigenvalue weighted by Gasteiger charge is -2.26. The van der Waals surface area contributed by atoms with E-state index in [4.69, 9.17) is 5.26 Å². The maximum Gasteiger partial charge on any atom is 0.402 e. The van der Waals surface area contributed by atoms with E-state index < -0.39 is 28.8 Å². The summed E-state index contributed by atoms with van der Waals surface area (Å²) in [5, 5.41) is 8.72. The number of sulfonamides is 1. The SMILES string of the molecule is CC(C)N(CC(F)(F)F)S(=O)(=O)c1cccc(C#N)c1. The van der Waals surface area contributed by atoms with Gasteiger partial charge in [0.15, 0.2) is 0 Å². The summed E-state index contributed by atoms with van der Waals surface area (Å²) in [6, 6.07) is 5.82. The Morgan fingerprint density at radius 1 is 1.35 bits per heavy atom. The molecule has 0 aromatic heterocycles. The summed E-state index contributed by atoms with van der Waals surface area (Å²) in [6.07, 6.45) is -4.63. The van der Waals surface area contributed by atoms with Crippen LogP contribution in [0, 0.1) is 11.3 Å². The zero-order valence-electron chi connectivity index (χ0n) is 10.8. The van der Waals surface area contributed by atoms with E-state index in [-0.39, 0.29) is 10.5 Å². The van der Waals surface area contributed by atoms with Crippen molar-refractivity contribution < 1.29 is 21.6 Å². The predicted octanol–water partition coefficient (Wildman–Crippen LogP) is 2.52. The third-order valence-electron chi connectivity index (χ3n) is 2.48. The van der Waals surface area contributed by atoms with Gasteiger partial charge in [-0.05, 0) is 32.0 Å². The molecule has 0 saturated heterocycles. The second kappa shape index (κ2) is 5.81. The smallest absolute Gasteiger partial charge is 0.207 e. The summed E-state index contributed by atoms with van der Waals surface area (Å²) < 4.78 is 62.3. The molecule has 0 radical (unpaired) electrons. The van der Waals surface area contributed by atoms with E-state index >= 15 is 0 Å². The largest absolute Gasteiger partial charge is 0.402 e. The molecule has 0 saturated carbocycles. The molecule has 0 aliphatic carbocycles. The minimum atomic E-state index is -4.63. The van der Waals surface area contributed by atoms with Crippen LogP contribution < -0.4 is 0 Å². The molecule has 0 heterocycles. The molecule has 1 aromatic rings. The zero-order chi connectivity index (χ0) is 15.6. The number of hydrogen-bond donors (Lipinski definition) is 0. The summed E-state index contributed by atoms with van der Waals surface area (Å²) in [7, 11) is -4.30. The van der Waals surface area contributed by atoms with Crippen LogP contribution in [0.15, 0.2) is 29.2 Å². The van der Waals surface area contributed by atoms with Gasteiger partial charge in [-0.15, -0.1) is 0 Å². The Labute approximate surface area is 115 Å². The molecule has 0 amide bonds. The topological polar surface area (TPSA) is 61.2 Å². The van der Waals surface area contributed by atoms with Gasteiger partial charge in [-0.25, -0.2) is 8.42 Å².